The second kappa shape index (κ2) is 9.27. The van der Waals surface area contributed by atoms with Crippen molar-refractivity contribution < 1.29 is 8.42 Å². The lowest BCUT2D eigenvalue weighted by Crippen LogP contribution is -2.33. The first-order valence-corrected chi connectivity index (χ1v) is 9.93. The van der Waals surface area contributed by atoms with Crippen LogP contribution in [0.3, 0.4) is 0 Å². The number of nitrogens with zero attached hydrogens (tertiary/aromatic N) is 1. The molecule has 1 atom stereocenters. The average molecular weight is 332 g/mol. The number of nitrogens with one attached hydrogen (secondary N) is 2. The zero-order valence-corrected chi connectivity index (χ0v) is 14.6. The summed E-state index contributed by atoms with van der Waals surface area (Å²) in [6, 6.07) is 1.61. The van der Waals surface area contributed by atoms with Gasteiger partial charge in [0.25, 0.3) is 0 Å². The highest BCUT2D eigenvalue weighted by atomic mass is 32.2. The maximum absolute atomic E-state index is 12.5. The highest BCUT2D eigenvalue weighted by Gasteiger charge is 2.20. The minimum Gasteiger partial charge on any atom is -0.384 e. The van der Waals surface area contributed by atoms with Crippen molar-refractivity contribution in [1.82, 2.24) is 9.71 Å². The highest BCUT2D eigenvalue weighted by molar-refractivity contribution is 7.99. The molecule has 0 aromatic carbocycles. The lowest BCUT2D eigenvalue weighted by atomic mass is 10.3. The standard InChI is InChI=1S/C14H25N3O2S2/c1-4-8-16-13-6-9-15-11-14(13)21(18,19)17-12(3)7-10-20-5-2/h6,9,11-12,17H,4-5,7-8,10H2,1-3H3,(H,15,16). The molecule has 0 radical (unpaired) electrons. The van der Waals surface area contributed by atoms with Crippen LogP contribution in [0.4, 0.5) is 5.69 Å². The van der Waals surface area contributed by atoms with E-state index in [1.54, 1.807) is 12.3 Å². The molecule has 0 aliphatic rings. The van der Waals surface area contributed by atoms with Crippen LogP contribution >= 0.6 is 11.8 Å². The summed E-state index contributed by atoms with van der Waals surface area (Å²) in [5.41, 5.74) is 0.606. The van der Waals surface area contributed by atoms with Crippen LogP contribution in [0.15, 0.2) is 23.4 Å². The summed E-state index contributed by atoms with van der Waals surface area (Å²) in [5, 5.41) is 3.13. The monoisotopic (exact) mass is 331 g/mol. The van der Waals surface area contributed by atoms with Crippen molar-refractivity contribution in [3.8, 4) is 0 Å². The second-order valence-corrected chi connectivity index (χ2v) is 7.88. The van der Waals surface area contributed by atoms with Gasteiger partial charge < -0.3 is 5.32 Å². The van der Waals surface area contributed by atoms with Crippen LogP contribution in [0.5, 0.6) is 0 Å². The second-order valence-electron chi connectivity index (χ2n) is 4.81. The number of aromatic nitrogens is 1. The van der Waals surface area contributed by atoms with Crippen LogP contribution in [0.2, 0.25) is 0 Å². The van der Waals surface area contributed by atoms with Gasteiger partial charge in [-0.3, -0.25) is 4.98 Å². The lowest BCUT2D eigenvalue weighted by molar-refractivity contribution is 0.557. The van der Waals surface area contributed by atoms with E-state index >= 15 is 0 Å². The molecule has 2 N–H and O–H groups in total. The maximum atomic E-state index is 12.5. The number of rotatable bonds is 10. The van der Waals surface area contributed by atoms with Gasteiger partial charge in [-0.2, -0.15) is 11.8 Å². The molecule has 0 bridgehead atoms. The first-order chi connectivity index (χ1) is 10.0. The van der Waals surface area contributed by atoms with E-state index in [4.69, 9.17) is 0 Å². The van der Waals surface area contributed by atoms with Gasteiger partial charge in [0.1, 0.15) is 4.90 Å². The third-order valence-corrected chi connectivity index (χ3v) is 5.44. The Morgan fingerprint density at radius 3 is 2.81 bits per heavy atom. The molecule has 5 nitrogen and oxygen atoms in total. The molecule has 0 saturated heterocycles. The van der Waals surface area contributed by atoms with E-state index in [0.717, 1.165) is 30.9 Å². The molecule has 1 heterocycles. The Hall–Kier alpha value is -0.790. The molecular weight excluding hydrogens is 306 g/mol. The summed E-state index contributed by atoms with van der Waals surface area (Å²) in [7, 11) is -3.54. The Morgan fingerprint density at radius 2 is 2.14 bits per heavy atom. The Balaban J connectivity index is 2.77. The smallest absolute Gasteiger partial charge is 0.244 e. The van der Waals surface area contributed by atoms with Gasteiger partial charge in [0.15, 0.2) is 0 Å². The molecule has 0 saturated carbocycles. The van der Waals surface area contributed by atoms with E-state index in [1.165, 1.54) is 6.20 Å². The number of thioether (sulfide) groups is 1. The molecule has 120 valence electrons. The van der Waals surface area contributed by atoms with Crippen LogP contribution in [0.1, 0.15) is 33.6 Å². The number of pyridine rings is 1. The molecule has 0 spiro atoms. The molecule has 21 heavy (non-hydrogen) atoms. The summed E-state index contributed by atoms with van der Waals surface area (Å²) in [6.45, 7) is 6.76. The molecule has 1 aromatic rings. The summed E-state index contributed by atoms with van der Waals surface area (Å²) >= 11 is 1.81. The van der Waals surface area contributed by atoms with Crippen LogP contribution in [-0.2, 0) is 10.0 Å². The molecule has 7 heteroatoms. The van der Waals surface area contributed by atoms with E-state index in [0.29, 0.717) is 5.69 Å². The maximum Gasteiger partial charge on any atom is 0.244 e. The molecule has 0 fully saturated rings. The fraction of sp³-hybridized carbons (Fsp3) is 0.643. The number of anilines is 1. The molecular formula is C14H25N3O2S2. The van der Waals surface area contributed by atoms with Crippen molar-refractivity contribution in [2.24, 2.45) is 0 Å². The Kier molecular flexibility index (Phi) is 8.06. The van der Waals surface area contributed by atoms with Crippen LogP contribution in [-0.4, -0.2) is 37.5 Å². The number of hydrogen-bond donors (Lipinski definition) is 2. The molecule has 0 aliphatic heterocycles. The molecule has 0 amide bonds. The minimum absolute atomic E-state index is 0.0896. The van der Waals surface area contributed by atoms with Crippen molar-refractivity contribution >= 4 is 27.5 Å². The van der Waals surface area contributed by atoms with Gasteiger partial charge in [0.2, 0.25) is 10.0 Å². The van der Waals surface area contributed by atoms with Crippen LogP contribution in [0, 0.1) is 0 Å². The van der Waals surface area contributed by atoms with Gasteiger partial charge in [-0.15, -0.1) is 0 Å². The van der Waals surface area contributed by atoms with E-state index in [9.17, 15) is 8.42 Å². The zero-order valence-electron chi connectivity index (χ0n) is 12.9. The van der Waals surface area contributed by atoms with Gasteiger partial charge in [0.05, 0.1) is 5.69 Å². The van der Waals surface area contributed by atoms with Crippen LogP contribution in [0.25, 0.3) is 0 Å². The first-order valence-electron chi connectivity index (χ1n) is 7.29. The molecule has 1 aromatic heterocycles. The predicted molar refractivity (Wildman–Crippen MR) is 90.4 cm³/mol. The van der Waals surface area contributed by atoms with Crippen molar-refractivity contribution in [3.63, 3.8) is 0 Å². The molecule has 1 rings (SSSR count). The Morgan fingerprint density at radius 1 is 1.38 bits per heavy atom. The normalized spacial score (nSPS) is 13.1. The van der Waals surface area contributed by atoms with Gasteiger partial charge in [-0.05, 0) is 37.3 Å². The first kappa shape index (κ1) is 18.3. The van der Waals surface area contributed by atoms with E-state index < -0.39 is 10.0 Å². The highest BCUT2D eigenvalue weighted by Crippen LogP contribution is 2.20. The summed E-state index contributed by atoms with van der Waals surface area (Å²) in [6.07, 6.45) is 4.74. The van der Waals surface area contributed by atoms with Crippen LogP contribution < -0.4 is 10.0 Å². The average Bonchev–Trinajstić information content (AvgIpc) is 2.45. The Labute approximate surface area is 132 Å². The summed E-state index contributed by atoms with van der Waals surface area (Å²) < 4.78 is 27.6. The number of sulfonamides is 1. The van der Waals surface area contributed by atoms with E-state index in [-0.39, 0.29) is 10.9 Å². The van der Waals surface area contributed by atoms with Crippen molar-refractivity contribution in [2.75, 3.05) is 23.4 Å². The Bertz CT molecular complexity index is 521. The zero-order chi connectivity index (χ0) is 15.7. The van der Waals surface area contributed by atoms with E-state index in [2.05, 4.69) is 21.9 Å². The molecule has 0 aliphatic carbocycles. The number of hydrogen-bond acceptors (Lipinski definition) is 5. The van der Waals surface area contributed by atoms with Gasteiger partial charge >= 0.3 is 0 Å². The minimum atomic E-state index is -3.54. The quantitative estimate of drug-likeness (QED) is 0.645. The predicted octanol–water partition coefficient (Wildman–Crippen LogP) is 2.71. The van der Waals surface area contributed by atoms with Gasteiger partial charge in [-0.1, -0.05) is 13.8 Å². The van der Waals surface area contributed by atoms with Crippen molar-refractivity contribution in [1.29, 1.82) is 0 Å². The fourth-order valence-corrected chi connectivity index (χ4v) is 4.00. The van der Waals surface area contributed by atoms with Gasteiger partial charge in [-0.25, -0.2) is 13.1 Å². The van der Waals surface area contributed by atoms with E-state index in [1.807, 2.05) is 25.6 Å². The SMILES string of the molecule is CCCNc1ccncc1S(=O)(=O)NC(C)CCSCC. The van der Waals surface area contributed by atoms with Crippen molar-refractivity contribution in [3.05, 3.63) is 18.5 Å². The topological polar surface area (TPSA) is 71.1 Å². The van der Waals surface area contributed by atoms with Gasteiger partial charge in [0, 0.05) is 25.0 Å². The lowest BCUT2D eigenvalue weighted by Gasteiger charge is -2.16. The largest absolute Gasteiger partial charge is 0.384 e. The fourth-order valence-electron chi connectivity index (χ4n) is 1.79. The summed E-state index contributed by atoms with van der Waals surface area (Å²) in [4.78, 5) is 4.16. The summed E-state index contributed by atoms with van der Waals surface area (Å²) in [5.74, 6) is 2.00. The third-order valence-electron chi connectivity index (χ3n) is 2.90. The molecule has 1 unspecified atom stereocenters. The van der Waals surface area contributed by atoms with Crippen molar-refractivity contribution in [2.45, 2.75) is 44.6 Å². The third kappa shape index (κ3) is 6.23.